The second-order valence-electron chi connectivity index (χ2n) is 3.61. The lowest BCUT2D eigenvalue weighted by Gasteiger charge is -2.07. The quantitative estimate of drug-likeness (QED) is 0.572. The summed E-state index contributed by atoms with van der Waals surface area (Å²) in [4.78, 5) is 0. The molecule has 0 saturated carbocycles. The number of aliphatic hydroxyl groups is 1. The van der Waals surface area contributed by atoms with E-state index in [0.29, 0.717) is 18.5 Å². The zero-order valence-corrected chi connectivity index (χ0v) is 9.87. The second kappa shape index (κ2) is 7.74. The van der Waals surface area contributed by atoms with Crippen LogP contribution in [0.3, 0.4) is 0 Å². The van der Waals surface area contributed by atoms with E-state index in [1.807, 2.05) is 25.1 Å². The molecule has 0 amide bonds. The van der Waals surface area contributed by atoms with Gasteiger partial charge in [0.25, 0.3) is 0 Å². The Morgan fingerprint density at radius 1 is 1.33 bits per heavy atom. The maximum Gasteiger partial charge on any atom is 0.0925 e. The summed E-state index contributed by atoms with van der Waals surface area (Å²) in [6, 6.07) is 10.1. The number of hydrogen-bond acceptors (Lipinski definition) is 3. The number of aliphatic hydroxyl groups excluding tert-OH is 1. The van der Waals surface area contributed by atoms with E-state index in [4.69, 9.17) is 9.84 Å². The van der Waals surface area contributed by atoms with Gasteiger partial charge < -0.3 is 9.84 Å². The van der Waals surface area contributed by atoms with E-state index in [-0.39, 0.29) is 6.61 Å². The highest BCUT2D eigenvalue weighted by Gasteiger charge is 1.99. The van der Waals surface area contributed by atoms with Crippen molar-refractivity contribution in [3.63, 3.8) is 0 Å². The van der Waals surface area contributed by atoms with Crippen LogP contribution in [0.15, 0.2) is 30.3 Å². The molecular formula is C12H18O2S. The molecule has 1 aromatic rings. The number of benzene rings is 1. The van der Waals surface area contributed by atoms with Crippen molar-refractivity contribution in [2.75, 3.05) is 18.3 Å². The Kier molecular flexibility index (Phi) is 6.48. The molecule has 1 N–H and O–H groups in total. The van der Waals surface area contributed by atoms with Gasteiger partial charge in [-0.2, -0.15) is 0 Å². The highest BCUT2D eigenvalue weighted by molar-refractivity contribution is 7.99. The molecule has 0 aromatic heterocycles. The van der Waals surface area contributed by atoms with Crippen LogP contribution in [-0.2, 0) is 11.3 Å². The summed E-state index contributed by atoms with van der Waals surface area (Å²) in [5.41, 5.74) is 1.20. The predicted molar refractivity (Wildman–Crippen MR) is 64.8 cm³/mol. The van der Waals surface area contributed by atoms with Gasteiger partial charge >= 0.3 is 0 Å². The first-order chi connectivity index (χ1) is 7.33. The molecule has 1 atom stereocenters. The van der Waals surface area contributed by atoms with Gasteiger partial charge in [-0.15, -0.1) is 11.8 Å². The first kappa shape index (κ1) is 12.6. The van der Waals surface area contributed by atoms with E-state index in [0.717, 1.165) is 5.75 Å². The van der Waals surface area contributed by atoms with Gasteiger partial charge in [0.05, 0.1) is 12.5 Å². The zero-order chi connectivity index (χ0) is 10.9. The van der Waals surface area contributed by atoms with E-state index >= 15 is 0 Å². The van der Waals surface area contributed by atoms with Crippen molar-refractivity contribution in [2.45, 2.75) is 13.5 Å². The summed E-state index contributed by atoms with van der Waals surface area (Å²) >= 11 is 1.72. The summed E-state index contributed by atoms with van der Waals surface area (Å²) < 4.78 is 5.50. The molecule has 1 aromatic carbocycles. The topological polar surface area (TPSA) is 29.5 Å². The molecule has 0 fully saturated rings. The lowest BCUT2D eigenvalue weighted by Crippen LogP contribution is -2.04. The minimum atomic E-state index is 0.256. The Bertz CT molecular complexity index is 251. The van der Waals surface area contributed by atoms with E-state index in [1.165, 1.54) is 5.56 Å². The molecule has 0 radical (unpaired) electrons. The number of hydrogen-bond donors (Lipinski definition) is 1. The minimum Gasteiger partial charge on any atom is -0.396 e. The molecule has 0 bridgehead atoms. The van der Waals surface area contributed by atoms with Crippen molar-refractivity contribution in [1.29, 1.82) is 0 Å². The summed E-state index contributed by atoms with van der Waals surface area (Å²) in [6.45, 7) is 2.96. The van der Waals surface area contributed by atoms with E-state index < -0.39 is 0 Å². The van der Waals surface area contributed by atoms with Crippen LogP contribution in [0.4, 0.5) is 0 Å². The first-order valence-electron chi connectivity index (χ1n) is 5.13. The molecule has 0 aliphatic heterocycles. The Morgan fingerprint density at radius 3 is 2.73 bits per heavy atom. The van der Waals surface area contributed by atoms with Gasteiger partial charge in [0.15, 0.2) is 0 Å². The average Bonchev–Trinajstić information content (AvgIpc) is 2.29. The lowest BCUT2D eigenvalue weighted by molar-refractivity contribution is 0.168. The number of ether oxygens (including phenoxy) is 1. The second-order valence-corrected chi connectivity index (χ2v) is 4.59. The highest BCUT2D eigenvalue weighted by atomic mass is 32.2. The van der Waals surface area contributed by atoms with Crippen LogP contribution in [0.25, 0.3) is 0 Å². The Hall–Kier alpha value is -0.510. The third-order valence-corrected chi connectivity index (χ3v) is 3.13. The van der Waals surface area contributed by atoms with Crippen LogP contribution in [0.2, 0.25) is 0 Å². The fraction of sp³-hybridized carbons (Fsp3) is 0.500. The Balaban J connectivity index is 2.03. The lowest BCUT2D eigenvalue weighted by atomic mass is 10.2. The van der Waals surface area contributed by atoms with Crippen molar-refractivity contribution >= 4 is 11.8 Å². The van der Waals surface area contributed by atoms with Crippen LogP contribution < -0.4 is 0 Å². The molecule has 3 heteroatoms. The van der Waals surface area contributed by atoms with Crippen molar-refractivity contribution < 1.29 is 9.84 Å². The number of rotatable bonds is 7. The standard InChI is InChI=1S/C12H18O2S/c1-11(7-13)9-15-10-14-8-12-5-3-2-4-6-12/h2-6,11,13H,7-10H2,1H3. The van der Waals surface area contributed by atoms with Crippen LogP contribution in [0, 0.1) is 5.92 Å². The van der Waals surface area contributed by atoms with Gasteiger partial charge in [0.2, 0.25) is 0 Å². The van der Waals surface area contributed by atoms with E-state index in [1.54, 1.807) is 11.8 Å². The van der Waals surface area contributed by atoms with E-state index in [9.17, 15) is 0 Å². The summed E-state index contributed by atoms with van der Waals surface area (Å²) in [5, 5.41) is 8.82. The Labute approximate surface area is 95.7 Å². The van der Waals surface area contributed by atoms with Crippen LogP contribution in [0.5, 0.6) is 0 Å². The van der Waals surface area contributed by atoms with Gasteiger partial charge in [-0.25, -0.2) is 0 Å². The molecule has 0 aliphatic carbocycles. The maximum atomic E-state index is 8.82. The normalized spacial score (nSPS) is 12.7. The van der Waals surface area contributed by atoms with Gasteiger partial charge in [-0.1, -0.05) is 37.3 Å². The molecule has 1 unspecified atom stereocenters. The molecule has 1 rings (SSSR count). The smallest absolute Gasteiger partial charge is 0.0925 e. The molecule has 0 spiro atoms. The van der Waals surface area contributed by atoms with Crippen molar-refractivity contribution in [1.82, 2.24) is 0 Å². The van der Waals surface area contributed by atoms with Crippen molar-refractivity contribution in [2.24, 2.45) is 5.92 Å². The first-order valence-corrected chi connectivity index (χ1v) is 6.28. The fourth-order valence-electron chi connectivity index (χ4n) is 1.09. The molecule has 84 valence electrons. The molecule has 0 aliphatic rings. The minimum absolute atomic E-state index is 0.256. The van der Waals surface area contributed by atoms with Crippen molar-refractivity contribution in [3.8, 4) is 0 Å². The summed E-state index contributed by atoms with van der Waals surface area (Å²) in [5.74, 6) is 2.00. The van der Waals surface area contributed by atoms with Crippen LogP contribution >= 0.6 is 11.8 Å². The monoisotopic (exact) mass is 226 g/mol. The zero-order valence-electron chi connectivity index (χ0n) is 9.06. The van der Waals surface area contributed by atoms with Gasteiger partial charge in [-0.05, 0) is 11.5 Å². The number of thioether (sulfide) groups is 1. The predicted octanol–water partition coefficient (Wildman–Crippen LogP) is 2.52. The summed E-state index contributed by atoms with van der Waals surface area (Å²) in [7, 11) is 0. The van der Waals surface area contributed by atoms with Gasteiger partial charge in [0, 0.05) is 12.4 Å². The third kappa shape index (κ3) is 5.82. The summed E-state index contributed by atoms with van der Waals surface area (Å²) in [6.07, 6.45) is 0. The SMILES string of the molecule is CC(CO)CSCOCc1ccccc1. The molecule has 15 heavy (non-hydrogen) atoms. The average molecular weight is 226 g/mol. The highest BCUT2D eigenvalue weighted by Crippen LogP contribution is 2.09. The molecule has 2 nitrogen and oxygen atoms in total. The Morgan fingerprint density at radius 2 is 2.07 bits per heavy atom. The van der Waals surface area contributed by atoms with Crippen molar-refractivity contribution in [3.05, 3.63) is 35.9 Å². The van der Waals surface area contributed by atoms with Crippen LogP contribution in [0.1, 0.15) is 12.5 Å². The van der Waals surface area contributed by atoms with Gasteiger partial charge in [-0.3, -0.25) is 0 Å². The maximum absolute atomic E-state index is 8.82. The fourth-order valence-corrected chi connectivity index (χ4v) is 1.90. The largest absolute Gasteiger partial charge is 0.396 e. The third-order valence-electron chi connectivity index (χ3n) is 1.99. The van der Waals surface area contributed by atoms with Gasteiger partial charge in [0.1, 0.15) is 0 Å². The molecule has 0 heterocycles. The van der Waals surface area contributed by atoms with Crippen LogP contribution in [-0.4, -0.2) is 23.4 Å². The molecule has 0 saturated heterocycles. The van der Waals surface area contributed by atoms with E-state index in [2.05, 4.69) is 12.1 Å². The molecular weight excluding hydrogens is 208 g/mol.